The third-order valence-electron chi connectivity index (χ3n) is 0.279. The van der Waals surface area contributed by atoms with Crippen molar-refractivity contribution in [1.29, 1.82) is 0 Å². The van der Waals surface area contributed by atoms with Crippen LogP contribution in [0, 0.1) is 0 Å². The summed E-state index contributed by atoms with van der Waals surface area (Å²) in [5, 5.41) is 0. The van der Waals surface area contributed by atoms with Gasteiger partial charge < -0.3 is 0 Å². The lowest BCUT2D eigenvalue weighted by Crippen LogP contribution is -2.18. The molecule has 62 valence electrons. The minimum atomic E-state index is -4.16. The molecule has 0 saturated heterocycles. The lowest BCUT2D eigenvalue weighted by Gasteiger charge is -1.82. The van der Waals surface area contributed by atoms with Crippen molar-refractivity contribution in [2.24, 2.45) is 5.84 Å². The van der Waals surface area contributed by atoms with E-state index in [4.69, 9.17) is 9.35 Å². The Morgan fingerprint density at radius 3 is 1.90 bits per heavy atom. The molecular weight excluding hydrogens is 164 g/mol. The number of amides is 1. The van der Waals surface area contributed by atoms with Gasteiger partial charge in [0.1, 0.15) is 0 Å². The van der Waals surface area contributed by atoms with Gasteiger partial charge in [-0.3, -0.25) is 19.0 Å². The molecule has 4 N–H and O–H groups in total. The number of nitrogens with two attached hydrogens (primary N) is 1. The zero-order valence-electron chi connectivity index (χ0n) is 5.14. The summed E-state index contributed by atoms with van der Waals surface area (Å²) >= 11 is 0. The van der Waals surface area contributed by atoms with E-state index in [9.17, 15) is 8.42 Å². The van der Waals surface area contributed by atoms with E-state index >= 15 is 0 Å². The number of nitrogens with one attached hydrogen (secondary N) is 1. The van der Waals surface area contributed by atoms with Crippen molar-refractivity contribution in [2.75, 3.05) is 7.11 Å². The Morgan fingerprint density at radius 1 is 1.70 bits per heavy atom. The number of hydrogen-bond donors (Lipinski definition) is 3. The third kappa shape index (κ3) is 26.6. The summed E-state index contributed by atoms with van der Waals surface area (Å²) in [6.45, 7) is 0. The molecule has 0 heterocycles. The van der Waals surface area contributed by atoms with Gasteiger partial charge in [-0.1, -0.05) is 0 Å². The van der Waals surface area contributed by atoms with Gasteiger partial charge in [0.2, 0.25) is 6.41 Å². The van der Waals surface area contributed by atoms with Gasteiger partial charge in [0.25, 0.3) is 0 Å². The van der Waals surface area contributed by atoms with Crippen LogP contribution in [0.4, 0.5) is 0 Å². The van der Waals surface area contributed by atoms with Crippen molar-refractivity contribution < 1.29 is 21.9 Å². The van der Waals surface area contributed by atoms with Crippen molar-refractivity contribution >= 4 is 16.8 Å². The van der Waals surface area contributed by atoms with Crippen LogP contribution in [0.25, 0.3) is 0 Å². The summed E-state index contributed by atoms with van der Waals surface area (Å²) in [7, 11) is -3.29. The zero-order chi connectivity index (χ0) is 8.62. The summed E-state index contributed by atoms with van der Waals surface area (Å²) in [6, 6.07) is 0. The average molecular weight is 172 g/mol. The van der Waals surface area contributed by atoms with Crippen LogP contribution in [0.3, 0.4) is 0 Å². The average Bonchev–Trinajstić information content (AvgIpc) is 1.87. The molecule has 0 bridgehead atoms. The Bertz CT molecular complexity index is 162. The Morgan fingerprint density at radius 2 is 1.90 bits per heavy atom. The molecule has 0 aromatic carbocycles. The molecule has 0 aromatic heterocycles. The first-order valence-electron chi connectivity index (χ1n) is 1.90. The van der Waals surface area contributed by atoms with Crippen LogP contribution in [0.1, 0.15) is 0 Å². The lowest BCUT2D eigenvalue weighted by molar-refractivity contribution is -0.109. The van der Waals surface area contributed by atoms with Gasteiger partial charge in [-0.2, -0.15) is 8.42 Å². The molecule has 1 amide bonds. The second kappa shape index (κ2) is 6.42. The first-order chi connectivity index (χ1) is 4.47. The van der Waals surface area contributed by atoms with E-state index in [0.29, 0.717) is 6.41 Å². The molecule has 8 heteroatoms. The Kier molecular flexibility index (Phi) is 7.72. The highest BCUT2D eigenvalue weighted by Crippen LogP contribution is 1.74. The molecule has 0 aliphatic rings. The number of carbonyl (C=O) groups excluding carboxylic acids is 1. The molecule has 0 aliphatic carbocycles. The summed E-state index contributed by atoms with van der Waals surface area (Å²) in [4.78, 5) is 8.94. The largest absolute Gasteiger partial charge is 0.397 e. The number of hydrogen-bond acceptors (Lipinski definition) is 5. The highest BCUT2D eigenvalue weighted by molar-refractivity contribution is 7.80. The van der Waals surface area contributed by atoms with E-state index in [-0.39, 0.29) is 0 Å². The molecule has 0 fully saturated rings. The molecule has 0 radical (unpaired) electrons. The number of hydrazine groups is 1. The van der Waals surface area contributed by atoms with Gasteiger partial charge >= 0.3 is 10.4 Å². The van der Waals surface area contributed by atoms with Crippen LogP contribution < -0.4 is 11.3 Å². The molecule has 0 saturated carbocycles. The Balaban J connectivity index is 0. The quantitative estimate of drug-likeness (QED) is 0.146. The molecule has 10 heavy (non-hydrogen) atoms. The smallest absolute Gasteiger partial charge is 0.297 e. The molecule has 0 rings (SSSR count). The first-order valence-corrected chi connectivity index (χ1v) is 3.27. The minimum absolute atomic E-state index is 0.403. The van der Waals surface area contributed by atoms with E-state index < -0.39 is 10.4 Å². The highest BCUT2D eigenvalue weighted by atomic mass is 32.3. The van der Waals surface area contributed by atoms with Gasteiger partial charge in [0.15, 0.2) is 0 Å². The fourth-order valence-electron chi connectivity index (χ4n) is 0. The monoisotopic (exact) mass is 172 g/mol. The van der Waals surface area contributed by atoms with Gasteiger partial charge in [-0.05, 0) is 0 Å². The van der Waals surface area contributed by atoms with Crippen molar-refractivity contribution in [3.05, 3.63) is 0 Å². The number of rotatable bonds is 2. The van der Waals surface area contributed by atoms with Crippen molar-refractivity contribution in [3.8, 4) is 0 Å². The predicted molar refractivity (Wildman–Crippen MR) is 31.9 cm³/mol. The van der Waals surface area contributed by atoms with E-state index in [1.807, 2.05) is 0 Å². The van der Waals surface area contributed by atoms with E-state index in [2.05, 4.69) is 10.0 Å². The third-order valence-corrected chi connectivity index (χ3v) is 0.700. The minimum Gasteiger partial charge on any atom is -0.297 e. The van der Waals surface area contributed by atoms with Crippen LogP contribution >= 0.6 is 0 Å². The number of carbonyl (C=O) groups is 1. The van der Waals surface area contributed by atoms with E-state index in [1.165, 1.54) is 0 Å². The van der Waals surface area contributed by atoms with Gasteiger partial charge in [0, 0.05) is 0 Å². The van der Waals surface area contributed by atoms with Crippen molar-refractivity contribution in [2.45, 2.75) is 0 Å². The predicted octanol–water partition coefficient (Wildman–Crippen LogP) is -1.96. The summed E-state index contributed by atoms with van der Waals surface area (Å²) in [6.07, 6.45) is 0.403. The molecule has 0 atom stereocenters. The first kappa shape index (κ1) is 12.0. The second-order valence-electron chi connectivity index (χ2n) is 0.879. The Labute approximate surface area is 58.1 Å². The van der Waals surface area contributed by atoms with Crippen LogP contribution in [-0.2, 0) is 19.4 Å². The Hall–Kier alpha value is -0.700. The van der Waals surface area contributed by atoms with Crippen molar-refractivity contribution in [1.82, 2.24) is 5.43 Å². The maximum atomic E-state index is 9.33. The van der Waals surface area contributed by atoms with E-state index in [1.54, 1.807) is 5.43 Å². The highest BCUT2D eigenvalue weighted by Gasteiger charge is 1.93. The van der Waals surface area contributed by atoms with E-state index in [0.717, 1.165) is 7.11 Å². The fourth-order valence-corrected chi connectivity index (χ4v) is 0. The van der Waals surface area contributed by atoms with Gasteiger partial charge in [-0.25, -0.2) is 5.84 Å². The maximum Gasteiger partial charge on any atom is 0.397 e. The summed E-state index contributed by atoms with van der Waals surface area (Å²) < 4.78 is 29.7. The summed E-state index contributed by atoms with van der Waals surface area (Å²) in [5.74, 6) is 4.41. The van der Waals surface area contributed by atoms with Crippen LogP contribution in [0.5, 0.6) is 0 Å². The lowest BCUT2D eigenvalue weighted by atomic mass is 11.4. The second-order valence-corrected chi connectivity index (χ2v) is 2.07. The van der Waals surface area contributed by atoms with Crippen LogP contribution in [0.2, 0.25) is 0 Å². The maximum absolute atomic E-state index is 9.33. The standard InChI is InChI=1S/CH4N2O.CH4O4S/c2-3-1-4;1-5-6(2,3)4/h1H,2H2,(H,3,4);1H3,(H,2,3,4). The van der Waals surface area contributed by atoms with Crippen LogP contribution in [-0.4, -0.2) is 26.5 Å². The van der Waals surface area contributed by atoms with Crippen LogP contribution in [0.15, 0.2) is 0 Å². The SMILES string of the molecule is COS(=O)(=O)O.NNC=O. The van der Waals surface area contributed by atoms with Gasteiger partial charge in [0.05, 0.1) is 7.11 Å². The zero-order valence-corrected chi connectivity index (χ0v) is 5.96. The molecule has 0 aliphatic heterocycles. The summed E-state index contributed by atoms with van der Waals surface area (Å²) in [5.41, 5.74) is 1.75. The molecule has 0 aromatic rings. The van der Waals surface area contributed by atoms with Gasteiger partial charge in [-0.15, -0.1) is 0 Å². The fraction of sp³-hybridized carbons (Fsp3) is 0.500. The van der Waals surface area contributed by atoms with Crippen molar-refractivity contribution in [3.63, 3.8) is 0 Å². The normalized spacial score (nSPS) is 9.10. The molecule has 0 unspecified atom stereocenters. The molecule has 0 spiro atoms. The molecule has 7 nitrogen and oxygen atoms in total. The topological polar surface area (TPSA) is 119 Å². The molecular formula is C2H8N2O5S.